The lowest BCUT2D eigenvalue weighted by molar-refractivity contribution is 0.00850. The average Bonchev–Trinajstić information content (AvgIpc) is 2.96. The van der Waals surface area contributed by atoms with E-state index in [1.807, 2.05) is 11.8 Å². The second-order valence-electron chi connectivity index (χ2n) is 9.59. The molecule has 0 amide bonds. The minimum Gasteiger partial charge on any atom is -0.483 e. The van der Waals surface area contributed by atoms with Gasteiger partial charge in [-0.15, -0.1) is 0 Å². The highest BCUT2D eigenvalue weighted by Gasteiger charge is 2.32. The highest BCUT2D eigenvalue weighted by molar-refractivity contribution is 7.89. The molecule has 0 unspecified atom stereocenters. The maximum absolute atomic E-state index is 13.8. The van der Waals surface area contributed by atoms with Crippen LogP contribution in [0.3, 0.4) is 0 Å². The molecule has 39 heavy (non-hydrogen) atoms. The van der Waals surface area contributed by atoms with Crippen molar-refractivity contribution in [3.8, 4) is 11.4 Å². The van der Waals surface area contributed by atoms with E-state index in [9.17, 15) is 13.2 Å². The van der Waals surface area contributed by atoms with Crippen LogP contribution in [0.4, 0.5) is 5.69 Å². The number of ether oxygens (including phenoxy) is 2. The summed E-state index contributed by atoms with van der Waals surface area (Å²) < 4.78 is 41.0. The number of piperazine rings is 1. The average molecular weight is 574 g/mol. The molecular weight excluding hydrogens is 542 g/mol. The molecule has 0 spiro atoms. The Kier molecular flexibility index (Phi) is 8.51. The Labute approximate surface area is 233 Å². The molecule has 3 heterocycles. The maximum atomic E-state index is 13.8. The summed E-state index contributed by atoms with van der Waals surface area (Å²) in [5, 5.41) is 4.95. The molecule has 12 heteroatoms. The van der Waals surface area contributed by atoms with Gasteiger partial charge in [0.25, 0.3) is 10.0 Å². The molecular formula is C27H32ClN5O5S. The molecule has 2 aromatic heterocycles. The lowest BCUT2D eigenvalue weighted by Gasteiger charge is -2.36. The summed E-state index contributed by atoms with van der Waals surface area (Å²) in [6.07, 6.45) is 6.45. The SMILES string of the molecule is CCOC1CCC(Oc2c(N3CCN(S(=O)(=O)c4ccccn4)CC3)cnn(-c3cccc(Cl)c3)c2=O)CC1. The van der Waals surface area contributed by atoms with Gasteiger partial charge in [0.05, 0.1) is 24.1 Å². The van der Waals surface area contributed by atoms with Gasteiger partial charge < -0.3 is 14.4 Å². The molecule has 2 fully saturated rings. The molecule has 2 aliphatic rings. The van der Waals surface area contributed by atoms with E-state index >= 15 is 0 Å². The van der Waals surface area contributed by atoms with Gasteiger partial charge in [-0.25, -0.2) is 13.4 Å². The third-order valence-electron chi connectivity index (χ3n) is 7.10. The van der Waals surface area contributed by atoms with Gasteiger partial charge in [-0.3, -0.25) is 4.79 Å². The Morgan fingerprint density at radius 1 is 1.00 bits per heavy atom. The second kappa shape index (κ2) is 12.0. The highest BCUT2D eigenvalue weighted by atomic mass is 35.5. The van der Waals surface area contributed by atoms with Crippen LogP contribution >= 0.6 is 11.6 Å². The van der Waals surface area contributed by atoms with Crippen molar-refractivity contribution in [2.45, 2.75) is 49.8 Å². The number of aromatic nitrogens is 3. The second-order valence-corrected chi connectivity index (χ2v) is 11.9. The number of anilines is 1. The molecule has 1 saturated carbocycles. The minimum absolute atomic E-state index is 0.0240. The van der Waals surface area contributed by atoms with Gasteiger partial charge >= 0.3 is 5.56 Å². The summed E-state index contributed by atoms with van der Waals surface area (Å²) in [6.45, 7) is 3.91. The first kappa shape index (κ1) is 27.6. The topological polar surface area (TPSA) is 107 Å². The van der Waals surface area contributed by atoms with E-state index in [1.54, 1.807) is 42.6 Å². The molecule has 0 atom stereocenters. The van der Waals surface area contributed by atoms with Crippen LogP contribution in [0.2, 0.25) is 5.02 Å². The summed E-state index contributed by atoms with van der Waals surface area (Å²) in [6, 6.07) is 11.8. The number of rotatable bonds is 8. The predicted octanol–water partition coefficient (Wildman–Crippen LogP) is 3.52. The zero-order valence-electron chi connectivity index (χ0n) is 21.8. The van der Waals surface area contributed by atoms with E-state index in [0.29, 0.717) is 36.1 Å². The maximum Gasteiger partial charge on any atom is 0.316 e. The lowest BCUT2D eigenvalue weighted by atomic mass is 9.95. The summed E-state index contributed by atoms with van der Waals surface area (Å²) in [7, 11) is -3.71. The van der Waals surface area contributed by atoms with E-state index in [-0.39, 0.29) is 41.6 Å². The highest BCUT2D eigenvalue weighted by Crippen LogP contribution is 2.31. The zero-order chi connectivity index (χ0) is 27.4. The van der Waals surface area contributed by atoms with Gasteiger partial charge in [0.2, 0.25) is 5.75 Å². The number of halogens is 1. The van der Waals surface area contributed by atoms with Crippen LogP contribution in [0.15, 0.2) is 64.7 Å². The minimum atomic E-state index is -3.71. The van der Waals surface area contributed by atoms with Crippen molar-refractivity contribution in [1.82, 2.24) is 19.1 Å². The summed E-state index contributed by atoms with van der Waals surface area (Å²) in [4.78, 5) is 19.7. The first-order valence-corrected chi connectivity index (χ1v) is 15.0. The molecule has 3 aromatic rings. The fourth-order valence-corrected chi connectivity index (χ4v) is 6.62. The van der Waals surface area contributed by atoms with Gasteiger partial charge in [0.15, 0.2) is 5.03 Å². The fraction of sp³-hybridized carbons (Fsp3) is 0.444. The molecule has 208 valence electrons. The van der Waals surface area contributed by atoms with Crippen LogP contribution in [0, 0.1) is 0 Å². The van der Waals surface area contributed by atoms with Crippen molar-refractivity contribution in [2.75, 3.05) is 37.7 Å². The number of hydrogen-bond acceptors (Lipinski definition) is 8. The van der Waals surface area contributed by atoms with E-state index in [2.05, 4.69) is 10.1 Å². The van der Waals surface area contributed by atoms with Crippen LogP contribution in [0.25, 0.3) is 5.69 Å². The summed E-state index contributed by atoms with van der Waals surface area (Å²) in [5.41, 5.74) is 0.709. The Morgan fingerprint density at radius 2 is 1.74 bits per heavy atom. The first-order chi connectivity index (χ1) is 18.9. The molecule has 0 N–H and O–H groups in total. The fourth-order valence-electron chi connectivity index (χ4n) is 5.08. The van der Waals surface area contributed by atoms with Crippen molar-refractivity contribution < 1.29 is 17.9 Å². The van der Waals surface area contributed by atoms with Crippen LogP contribution in [-0.4, -0.2) is 72.5 Å². The van der Waals surface area contributed by atoms with Crippen LogP contribution in [0.5, 0.6) is 5.75 Å². The molecule has 1 aliphatic carbocycles. The van der Waals surface area contributed by atoms with Gasteiger partial charge in [-0.1, -0.05) is 23.7 Å². The lowest BCUT2D eigenvalue weighted by Crippen LogP contribution is -2.49. The monoisotopic (exact) mass is 573 g/mol. The quantitative estimate of drug-likeness (QED) is 0.403. The van der Waals surface area contributed by atoms with Crippen LogP contribution < -0.4 is 15.2 Å². The molecule has 1 aliphatic heterocycles. The van der Waals surface area contributed by atoms with Gasteiger partial charge in [0.1, 0.15) is 5.69 Å². The number of pyridine rings is 1. The molecule has 5 rings (SSSR count). The molecule has 0 bridgehead atoms. The molecule has 1 saturated heterocycles. The van der Waals surface area contributed by atoms with Gasteiger partial charge in [-0.2, -0.15) is 14.1 Å². The number of nitrogens with zero attached hydrogens (tertiary/aromatic N) is 5. The van der Waals surface area contributed by atoms with Crippen molar-refractivity contribution in [3.63, 3.8) is 0 Å². The molecule has 10 nitrogen and oxygen atoms in total. The van der Waals surface area contributed by atoms with Crippen molar-refractivity contribution in [3.05, 3.63) is 70.2 Å². The van der Waals surface area contributed by atoms with Crippen molar-refractivity contribution in [1.29, 1.82) is 0 Å². The van der Waals surface area contributed by atoms with Crippen LogP contribution in [-0.2, 0) is 14.8 Å². The van der Waals surface area contributed by atoms with E-state index in [1.165, 1.54) is 21.3 Å². The van der Waals surface area contributed by atoms with Crippen LogP contribution in [0.1, 0.15) is 32.6 Å². The summed E-state index contributed by atoms with van der Waals surface area (Å²) in [5.74, 6) is 0.214. The zero-order valence-corrected chi connectivity index (χ0v) is 23.4. The number of sulfonamides is 1. The number of benzene rings is 1. The Hall–Kier alpha value is -2.99. The molecule has 0 radical (unpaired) electrons. The third kappa shape index (κ3) is 6.11. The summed E-state index contributed by atoms with van der Waals surface area (Å²) >= 11 is 6.18. The van der Waals surface area contributed by atoms with Gasteiger partial charge in [0, 0.05) is 44.0 Å². The third-order valence-corrected chi connectivity index (χ3v) is 9.15. The van der Waals surface area contributed by atoms with E-state index < -0.39 is 10.0 Å². The first-order valence-electron chi connectivity index (χ1n) is 13.2. The molecule has 1 aromatic carbocycles. The standard InChI is InChI=1S/C27H32ClN5O5S/c1-2-37-22-9-11-23(12-10-22)38-26-24(19-30-33(27(26)34)21-7-5-6-20(28)18-21)31-14-16-32(17-15-31)39(35,36)25-8-3-4-13-29-25/h3-8,13,18-19,22-23H,2,9-12,14-17H2,1H3. The Balaban J connectivity index is 1.40. The Bertz CT molecular complexity index is 1440. The van der Waals surface area contributed by atoms with E-state index in [4.69, 9.17) is 21.1 Å². The van der Waals surface area contributed by atoms with Crippen molar-refractivity contribution >= 4 is 27.3 Å². The predicted molar refractivity (Wildman–Crippen MR) is 148 cm³/mol. The normalized spacial score (nSPS) is 20.6. The largest absolute Gasteiger partial charge is 0.483 e. The van der Waals surface area contributed by atoms with Crippen molar-refractivity contribution in [2.24, 2.45) is 0 Å². The number of hydrogen-bond donors (Lipinski definition) is 0. The smallest absolute Gasteiger partial charge is 0.316 e. The Morgan fingerprint density at radius 3 is 2.41 bits per heavy atom. The van der Waals surface area contributed by atoms with Gasteiger partial charge in [-0.05, 0) is 62.9 Å². The van der Waals surface area contributed by atoms with E-state index in [0.717, 1.165) is 25.7 Å².